The minimum absolute atomic E-state index is 0.0643. The van der Waals surface area contributed by atoms with Crippen molar-refractivity contribution in [3.63, 3.8) is 0 Å². The molecule has 0 amide bonds. The summed E-state index contributed by atoms with van der Waals surface area (Å²) in [5, 5.41) is 15.8. The van der Waals surface area contributed by atoms with Gasteiger partial charge in [0.1, 0.15) is 11.9 Å². The molecule has 1 N–H and O–H groups in total. The largest absolute Gasteiger partial charge is 0.431 e. The third kappa shape index (κ3) is 4.60. The zero-order chi connectivity index (χ0) is 19.4. The Hall–Kier alpha value is -2.97. The number of benzene rings is 2. The third-order valence-electron chi connectivity index (χ3n) is 3.69. The van der Waals surface area contributed by atoms with Gasteiger partial charge in [-0.3, -0.25) is 15.5 Å². The van der Waals surface area contributed by atoms with E-state index in [9.17, 15) is 10.1 Å². The van der Waals surface area contributed by atoms with Crippen LogP contribution in [-0.4, -0.2) is 15.6 Å². The maximum atomic E-state index is 10.7. The van der Waals surface area contributed by atoms with Crippen LogP contribution in [0, 0.1) is 17.0 Å². The molecule has 9 heteroatoms. The number of ether oxygens (including phenoxy) is 1. The van der Waals surface area contributed by atoms with Gasteiger partial charge in [0, 0.05) is 0 Å². The maximum Gasteiger partial charge on any atom is 0.347 e. The van der Waals surface area contributed by atoms with Crippen molar-refractivity contribution >= 4 is 39.3 Å². The smallest absolute Gasteiger partial charge is 0.347 e. The standard InChI is InChI=1S/C18H15ClN4O3S/c1-11-4-3-5-15(19)17(11)22-21-12(2)13-6-8-14(9-7-13)26-18-20-10-16(27-18)23(24)25/h3-10,22H,1-2H3. The predicted octanol–water partition coefficient (Wildman–Crippen LogP) is 5.64. The van der Waals surface area contributed by atoms with Crippen LogP contribution in [-0.2, 0) is 0 Å². The van der Waals surface area contributed by atoms with Gasteiger partial charge in [-0.15, -0.1) is 0 Å². The number of hydrogen-bond donors (Lipinski definition) is 1. The third-order valence-corrected chi connectivity index (χ3v) is 4.83. The first-order chi connectivity index (χ1) is 12.9. The van der Waals surface area contributed by atoms with Crippen LogP contribution in [0.15, 0.2) is 53.8 Å². The number of aryl methyl sites for hydroxylation is 1. The van der Waals surface area contributed by atoms with Gasteiger partial charge in [0.2, 0.25) is 0 Å². The number of rotatable bonds is 6. The van der Waals surface area contributed by atoms with E-state index < -0.39 is 4.92 Å². The van der Waals surface area contributed by atoms with Gasteiger partial charge >= 0.3 is 5.00 Å². The van der Waals surface area contributed by atoms with Gasteiger partial charge in [-0.1, -0.05) is 23.7 Å². The van der Waals surface area contributed by atoms with E-state index in [1.807, 2.05) is 38.1 Å². The molecule has 7 nitrogen and oxygen atoms in total. The van der Waals surface area contributed by atoms with E-state index in [4.69, 9.17) is 16.3 Å². The van der Waals surface area contributed by atoms with Gasteiger partial charge < -0.3 is 4.74 Å². The molecule has 0 aliphatic heterocycles. The van der Waals surface area contributed by atoms with E-state index in [1.165, 1.54) is 6.20 Å². The van der Waals surface area contributed by atoms with Gasteiger partial charge in [-0.25, -0.2) is 4.98 Å². The molecular formula is C18H15ClN4O3S. The van der Waals surface area contributed by atoms with Crippen LogP contribution in [0.1, 0.15) is 18.1 Å². The first kappa shape index (κ1) is 18.8. The van der Waals surface area contributed by atoms with Crippen molar-refractivity contribution < 1.29 is 9.66 Å². The predicted molar refractivity (Wildman–Crippen MR) is 107 cm³/mol. The fraction of sp³-hybridized carbons (Fsp3) is 0.111. The number of halogens is 1. The highest BCUT2D eigenvalue weighted by Gasteiger charge is 2.13. The van der Waals surface area contributed by atoms with Crippen molar-refractivity contribution in [2.75, 3.05) is 5.43 Å². The van der Waals surface area contributed by atoms with E-state index in [0.29, 0.717) is 10.8 Å². The van der Waals surface area contributed by atoms with E-state index in [-0.39, 0.29) is 10.2 Å². The van der Waals surface area contributed by atoms with Crippen molar-refractivity contribution in [1.29, 1.82) is 0 Å². The summed E-state index contributed by atoms with van der Waals surface area (Å²) in [6, 6.07) is 12.8. The molecule has 0 fully saturated rings. The molecule has 3 rings (SSSR count). The molecule has 0 spiro atoms. The van der Waals surface area contributed by atoms with E-state index >= 15 is 0 Å². The molecule has 27 heavy (non-hydrogen) atoms. The lowest BCUT2D eigenvalue weighted by Gasteiger charge is -2.09. The van der Waals surface area contributed by atoms with Crippen molar-refractivity contribution in [1.82, 2.24) is 4.98 Å². The Morgan fingerprint density at radius 1 is 1.30 bits per heavy atom. The lowest BCUT2D eigenvalue weighted by molar-refractivity contribution is -0.380. The summed E-state index contributed by atoms with van der Waals surface area (Å²) in [4.78, 5) is 14.1. The first-order valence-corrected chi connectivity index (χ1v) is 9.07. The number of para-hydroxylation sites is 1. The summed E-state index contributed by atoms with van der Waals surface area (Å²) in [6.07, 6.45) is 1.17. The van der Waals surface area contributed by atoms with Crippen LogP contribution < -0.4 is 10.2 Å². The Morgan fingerprint density at radius 2 is 2.04 bits per heavy atom. The average Bonchev–Trinajstić information content (AvgIpc) is 3.10. The Morgan fingerprint density at radius 3 is 2.67 bits per heavy atom. The molecule has 1 heterocycles. The van der Waals surface area contributed by atoms with Gasteiger partial charge in [0.25, 0.3) is 5.19 Å². The number of hydrogen-bond acceptors (Lipinski definition) is 7. The Kier molecular flexibility index (Phi) is 5.68. The number of hydrazone groups is 1. The van der Waals surface area contributed by atoms with Crippen molar-refractivity contribution in [2.24, 2.45) is 5.10 Å². The summed E-state index contributed by atoms with van der Waals surface area (Å²) >= 11 is 7.06. The molecule has 0 bridgehead atoms. The molecule has 138 valence electrons. The second-order valence-corrected chi connectivity index (χ2v) is 6.97. The molecule has 0 atom stereocenters. The van der Waals surface area contributed by atoms with Gasteiger partial charge in [-0.05, 0) is 66.6 Å². The van der Waals surface area contributed by atoms with Crippen LogP contribution in [0.25, 0.3) is 0 Å². The molecule has 0 saturated heterocycles. The number of thiazole rings is 1. The molecule has 0 aliphatic carbocycles. The average molecular weight is 403 g/mol. The lowest BCUT2D eigenvalue weighted by atomic mass is 10.1. The molecule has 2 aromatic carbocycles. The molecule has 3 aromatic rings. The second kappa shape index (κ2) is 8.15. The maximum absolute atomic E-state index is 10.7. The summed E-state index contributed by atoms with van der Waals surface area (Å²) < 4.78 is 5.53. The molecule has 0 aliphatic rings. The van der Waals surface area contributed by atoms with Crippen molar-refractivity contribution in [3.8, 4) is 10.9 Å². The Bertz CT molecular complexity index is 982. The molecule has 0 unspecified atom stereocenters. The van der Waals surface area contributed by atoms with Crippen LogP contribution >= 0.6 is 22.9 Å². The van der Waals surface area contributed by atoms with E-state index in [2.05, 4.69) is 15.5 Å². The summed E-state index contributed by atoms with van der Waals surface area (Å²) in [5.41, 5.74) is 6.43. The van der Waals surface area contributed by atoms with E-state index in [1.54, 1.807) is 18.2 Å². The van der Waals surface area contributed by atoms with Crippen molar-refractivity contribution in [3.05, 3.63) is 74.9 Å². The SMILES string of the molecule is CC(=NNc1c(C)cccc1Cl)c1ccc(Oc2ncc([N+](=O)[O-])s2)cc1. The zero-order valence-corrected chi connectivity index (χ0v) is 16.0. The monoisotopic (exact) mass is 402 g/mol. The van der Waals surface area contributed by atoms with Crippen LogP contribution in [0.3, 0.4) is 0 Å². The number of anilines is 1. The zero-order valence-electron chi connectivity index (χ0n) is 14.5. The quantitative estimate of drug-likeness (QED) is 0.327. The normalized spacial score (nSPS) is 11.3. The molecular weight excluding hydrogens is 388 g/mol. The highest BCUT2D eigenvalue weighted by Crippen LogP contribution is 2.31. The fourth-order valence-electron chi connectivity index (χ4n) is 2.22. The molecule has 0 saturated carbocycles. The molecule has 1 aromatic heterocycles. The number of nitrogens with one attached hydrogen (secondary N) is 1. The van der Waals surface area contributed by atoms with Crippen LogP contribution in [0.2, 0.25) is 5.02 Å². The molecule has 0 radical (unpaired) electrons. The van der Waals surface area contributed by atoms with Gasteiger partial charge in [0.05, 0.1) is 21.3 Å². The van der Waals surface area contributed by atoms with Crippen LogP contribution in [0.5, 0.6) is 10.9 Å². The summed E-state index contributed by atoms with van der Waals surface area (Å²) in [7, 11) is 0. The Labute approximate surface area is 164 Å². The van der Waals surface area contributed by atoms with Gasteiger partial charge in [0.15, 0.2) is 0 Å². The number of nitrogens with zero attached hydrogens (tertiary/aromatic N) is 3. The first-order valence-electron chi connectivity index (χ1n) is 7.88. The van der Waals surface area contributed by atoms with Gasteiger partial charge in [-0.2, -0.15) is 5.10 Å². The van der Waals surface area contributed by atoms with E-state index in [0.717, 1.165) is 33.9 Å². The minimum atomic E-state index is -0.499. The lowest BCUT2D eigenvalue weighted by Crippen LogP contribution is -2.01. The number of nitro groups is 1. The summed E-state index contributed by atoms with van der Waals surface area (Å²) in [5.74, 6) is 0.533. The fourth-order valence-corrected chi connectivity index (χ4v) is 3.09. The number of aromatic nitrogens is 1. The van der Waals surface area contributed by atoms with Crippen LogP contribution in [0.4, 0.5) is 10.7 Å². The summed E-state index contributed by atoms with van der Waals surface area (Å²) in [6.45, 7) is 3.83. The highest BCUT2D eigenvalue weighted by atomic mass is 35.5. The topological polar surface area (TPSA) is 89.7 Å². The van der Waals surface area contributed by atoms with Crippen molar-refractivity contribution in [2.45, 2.75) is 13.8 Å². The minimum Gasteiger partial charge on any atom is -0.431 e. The Balaban J connectivity index is 1.69. The second-order valence-electron chi connectivity index (χ2n) is 5.59. The highest BCUT2D eigenvalue weighted by molar-refractivity contribution is 7.16.